The molecule has 5 nitrogen and oxygen atoms in total. The van der Waals surface area contributed by atoms with Crippen LogP contribution in [0.4, 0.5) is 4.39 Å². The third kappa shape index (κ3) is 5.67. The molecule has 1 saturated carbocycles. The number of halogens is 2. The van der Waals surface area contributed by atoms with Crippen LogP contribution in [0.25, 0.3) is 0 Å². The largest absolute Gasteiger partial charge is 0.352 e. The zero-order valence-corrected chi connectivity index (χ0v) is 17.3. The number of hydrogen-bond acceptors (Lipinski definition) is 3. The fourth-order valence-electron chi connectivity index (χ4n) is 4.14. The number of rotatable bonds is 5. The van der Waals surface area contributed by atoms with Crippen LogP contribution in [0.2, 0.25) is 0 Å². The number of nitrogens with zero attached hydrogens (tertiary/aromatic N) is 1. The van der Waals surface area contributed by atoms with Crippen molar-refractivity contribution in [2.45, 2.75) is 58.0 Å². The van der Waals surface area contributed by atoms with Gasteiger partial charge in [-0.05, 0) is 55.7 Å². The van der Waals surface area contributed by atoms with Crippen LogP contribution >= 0.6 is 12.4 Å². The van der Waals surface area contributed by atoms with Gasteiger partial charge in [-0.25, -0.2) is 4.39 Å². The average molecular weight is 412 g/mol. The van der Waals surface area contributed by atoms with E-state index in [0.29, 0.717) is 50.4 Å². The molecule has 28 heavy (non-hydrogen) atoms. The van der Waals surface area contributed by atoms with Gasteiger partial charge in [0.15, 0.2) is 0 Å². The van der Waals surface area contributed by atoms with E-state index in [1.807, 2.05) is 11.0 Å². The summed E-state index contributed by atoms with van der Waals surface area (Å²) in [5.74, 6) is 0.134. The van der Waals surface area contributed by atoms with Crippen molar-refractivity contribution < 1.29 is 14.0 Å². The molecule has 1 aliphatic carbocycles. The number of aryl methyl sites for hydroxylation is 1. The van der Waals surface area contributed by atoms with Crippen LogP contribution < -0.4 is 11.1 Å². The second-order valence-electron chi connectivity index (χ2n) is 8.02. The Morgan fingerprint density at radius 1 is 1.21 bits per heavy atom. The van der Waals surface area contributed by atoms with Crippen molar-refractivity contribution in [1.29, 1.82) is 0 Å². The molecule has 3 rings (SSSR count). The van der Waals surface area contributed by atoms with Gasteiger partial charge in [-0.15, -0.1) is 12.4 Å². The van der Waals surface area contributed by atoms with Gasteiger partial charge in [0, 0.05) is 38.0 Å². The summed E-state index contributed by atoms with van der Waals surface area (Å²) in [5.41, 5.74) is 7.42. The topological polar surface area (TPSA) is 75.4 Å². The number of nitrogens with one attached hydrogen (secondary N) is 1. The van der Waals surface area contributed by atoms with E-state index < -0.39 is 0 Å². The lowest BCUT2D eigenvalue weighted by Gasteiger charge is -2.32. The van der Waals surface area contributed by atoms with Gasteiger partial charge in [0.25, 0.3) is 0 Å². The number of benzene rings is 1. The van der Waals surface area contributed by atoms with Crippen molar-refractivity contribution in [3.05, 3.63) is 35.1 Å². The molecular formula is C21H31ClFN3O2. The zero-order chi connectivity index (χ0) is 19.4. The number of hydrogen-bond donors (Lipinski definition) is 2. The molecule has 0 unspecified atom stereocenters. The summed E-state index contributed by atoms with van der Waals surface area (Å²) in [4.78, 5) is 26.8. The maximum atomic E-state index is 13.6. The summed E-state index contributed by atoms with van der Waals surface area (Å²) < 4.78 is 13.6. The number of likely N-dealkylation sites (tertiary alicyclic amines) is 1. The lowest BCUT2D eigenvalue weighted by atomic mass is 9.94. The highest BCUT2D eigenvalue weighted by molar-refractivity contribution is 5.85. The van der Waals surface area contributed by atoms with Crippen molar-refractivity contribution in [3.63, 3.8) is 0 Å². The summed E-state index contributed by atoms with van der Waals surface area (Å²) in [6.07, 6.45) is 5.08. The summed E-state index contributed by atoms with van der Waals surface area (Å²) in [7, 11) is 0. The minimum atomic E-state index is -0.254. The van der Waals surface area contributed by atoms with Crippen molar-refractivity contribution in [2.24, 2.45) is 17.6 Å². The molecule has 1 aromatic rings. The highest BCUT2D eigenvalue weighted by atomic mass is 35.5. The first kappa shape index (κ1) is 22.6. The van der Waals surface area contributed by atoms with Gasteiger partial charge in [0.05, 0.1) is 0 Å². The fraction of sp³-hybridized carbons (Fsp3) is 0.619. The van der Waals surface area contributed by atoms with Crippen molar-refractivity contribution in [3.8, 4) is 0 Å². The smallest absolute Gasteiger partial charge is 0.223 e. The Hall–Kier alpha value is -1.66. The lowest BCUT2D eigenvalue weighted by molar-refractivity contribution is -0.136. The molecule has 2 atom stereocenters. The van der Waals surface area contributed by atoms with Crippen LogP contribution in [-0.4, -0.2) is 35.8 Å². The van der Waals surface area contributed by atoms with E-state index in [2.05, 4.69) is 5.32 Å². The molecule has 3 N–H and O–H groups in total. The number of carbonyl (C=O) groups excluding carboxylic acids is 2. The van der Waals surface area contributed by atoms with Crippen LogP contribution in [0.3, 0.4) is 0 Å². The molecule has 0 radical (unpaired) electrons. The van der Waals surface area contributed by atoms with E-state index in [0.717, 1.165) is 24.8 Å². The SMILES string of the molecule is Cc1ccc(CNC(=O)C2CCN(C(=O)C[C@@H]3CCC[C@H]3N)CC2)cc1F.Cl. The van der Waals surface area contributed by atoms with E-state index in [1.165, 1.54) is 6.07 Å². The third-order valence-electron chi connectivity index (χ3n) is 6.08. The number of nitrogens with two attached hydrogens (primary N) is 1. The number of carbonyl (C=O) groups is 2. The summed E-state index contributed by atoms with van der Waals surface area (Å²) in [5, 5.41) is 2.90. The molecule has 0 aromatic heterocycles. The molecule has 0 bridgehead atoms. The number of amides is 2. The molecule has 7 heteroatoms. The van der Waals surface area contributed by atoms with E-state index >= 15 is 0 Å². The Bertz CT molecular complexity index is 692. The van der Waals surface area contributed by atoms with Gasteiger partial charge in [-0.1, -0.05) is 18.6 Å². The van der Waals surface area contributed by atoms with E-state index in [1.54, 1.807) is 13.0 Å². The quantitative estimate of drug-likeness (QED) is 0.782. The summed E-state index contributed by atoms with van der Waals surface area (Å²) in [6, 6.07) is 5.17. The Morgan fingerprint density at radius 3 is 2.54 bits per heavy atom. The normalized spacial score (nSPS) is 22.6. The van der Waals surface area contributed by atoms with Crippen LogP contribution in [0.15, 0.2) is 18.2 Å². The van der Waals surface area contributed by atoms with Gasteiger partial charge in [0.1, 0.15) is 5.82 Å². The van der Waals surface area contributed by atoms with Gasteiger partial charge in [-0.2, -0.15) is 0 Å². The monoisotopic (exact) mass is 411 g/mol. The van der Waals surface area contributed by atoms with Crippen LogP contribution in [0, 0.1) is 24.6 Å². The van der Waals surface area contributed by atoms with Gasteiger partial charge in [-0.3, -0.25) is 9.59 Å². The standard InChI is InChI=1S/C21H30FN3O2.ClH/c1-14-5-6-15(11-18(14)22)13-24-21(27)16-7-9-25(10-8-16)20(26)12-17-3-2-4-19(17)23;/h5-6,11,16-17,19H,2-4,7-10,12-13,23H2,1H3,(H,24,27);1H/t17-,19+;/m0./s1. The Labute approximate surface area is 172 Å². The predicted molar refractivity (Wildman–Crippen MR) is 109 cm³/mol. The minimum absolute atomic E-state index is 0. The first-order valence-corrected chi connectivity index (χ1v) is 10.00. The number of piperidine rings is 1. The minimum Gasteiger partial charge on any atom is -0.352 e. The molecule has 156 valence electrons. The maximum absolute atomic E-state index is 13.6. The van der Waals surface area contributed by atoms with Gasteiger partial charge in [0.2, 0.25) is 11.8 Å². The van der Waals surface area contributed by atoms with Crippen molar-refractivity contribution >= 4 is 24.2 Å². The molecule has 0 spiro atoms. The maximum Gasteiger partial charge on any atom is 0.223 e. The first-order valence-electron chi connectivity index (χ1n) is 10.00. The first-order chi connectivity index (χ1) is 12.9. The molecule has 1 aromatic carbocycles. The fourth-order valence-corrected chi connectivity index (χ4v) is 4.14. The summed E-state index contributed by atoms with van der Waals surface area (Å²) in [6.45, 7) is 3.29. The predicted octanol–water partition coefficient (Wildman–Crippen LogP) is 2.93. The highest BCUT2D eigenvalue weighted by Gasteiger charge is 2.31. The highest BCUT2D eigenvalue weighted by Crippen LogP contribution is 2.28. The second-order valence-corrected chi connectivity index (χ2v) is 8.02. The van der Waals surface area contributed by atoms with Crippen molar-refractivity contribution in [1.82, 2.24) is 10.2 Å². The average Bonchev–Trinajstić information content (AvgIpc) is 3.07. The zero-order valence-electron chi connectivity index (χ0n) is 16.5. The lowest BCUT2D eigenvalue weighted by Crippen LogP contribution is -2.44. The van der Waals surface area contributed by atoms with Gasteiger partial charge >= 0.3 is 0 Å². The van der Waals surface area contributed by atoms with Crippen LogP contribution in [0.5, 0.6) is 0 Å². The Kier molecular flexibility index (Phi) is 8.25. The molecule has 1 aliphatic heterocycles. The van der Waals surface area contributed by atoms with E-state index in [9.17, 15) is 14.0 Å². The Balaban J connectivity index is 0.00000280. The molecule has 2 aliphatic rings. The summed E-state index contributed by atoms with van der Waals surface area (Å²) >= 11 is 0. The van der Waals surface area contributed by atoms with Gasteiger partial charge < -0.3 is 16.0 Å². The van der Waals surface area contributed by atoms with Crippen molar-refractivity contribution in [2.75, 3.05) is 13.1 Å². The third-order valence-corrected chi connectivity index (χ3v) is 6.08. The molecule has 2 amide bonds. The van der Waals surface area contributed by atoms with Crippen LogP contribution in [-0.2, 0) is 16.1 Å². The van der Waals surface area contributed by atoms with Crippen LogP contribution in [0.1, 0.15) is 49.7 Å². The molecule has 1 saturated heterocycles. The van der Waals surface area contributed by atoms with E-state index in [4.69, 9.17) is 5.73 Å². The molecule has 1 heterocycles. The molecular weight excluding hydrogens is 381 g/mol. The molecule has 2 fully saturated rings. The second kappa shape index (κ2) is 10.2. The Morgan fingerprint density at radius 2 is 1.93 bits per heavy atom. The van der Waals surface area contributed by atoms with E-state index in [-0.39, 0.29) is 42.0 Å².